The first kappa shape index (κ1) is 17.8. The van der Waals surface area contributed by atoms with Crippen LogP contribution in [-0.2, 0) is 22.9 Å². The van der Waals surface area contributed by atoms with Gasteiger partial charge in [0.1, 0.15) is 6.10 Å². The molecule has 24 heavy (non-hydrogen) atoms. The Morgan fingerprint density at radius 3 is 2.88 bits per heavy atom. The van der Waals surface area contributed by atoms with Gasteiger partial charge >= 0.3 is 13.5 Å². The predicted molar refractivity (Wildman–Crippen MR) is 79.6 cm³/mol. The lowest BCUT2D eigenvalue weighted by atomic mass is 10.1. The molecule has 3 heterocycles. The quantitative estimate of drug-likeness (QED) is 0.617. The molecule has 0 spiro atoms. The van der Waals surface area contributed by atoms with E-state index in [1.807, 2.05) is 4.98 Å². The van der Waals surface area contributed by atoms with Crippen LogP contribution in [0.5, 0.6) is 0 Å². The van der Waals surface area contributed by atoms with E-state index in [-0.39, 0.29) is 6.61 Å². The van der Waals surface area contributed by atoms with Gasteiger partial charge in [-0.25, -0.2) is 13.8 Å². The summed E-state index contributed by atoms with van der Waals surface area (Å²) in [6, 6.07) is 1.02. The molecule has 3 rings (SSSR count). The lowest BCUT2D eigenvalue weighted by Crippen LogP contribution is -2.45. The van der Waals surface area contributed by atoms with Crippen molar-refractivity contribution in [2.45, 2.75) is 43.5 Å². The van der Waals surface area contributed by atoms with Crippen molar-refractivity contribution in [1.82, 2.24) is 9.55 Å². The number of ether oxygens (including phenoxy) is 1. The van der Waals surface area contributed by atoms with Crippen molar-refractivity contribution < 1.29 is 27.3 Å². The van der Waals surface area contributed by atoms with E-state index in [1.54, 1.807) is 13.8 Å². The fraction of sp³-hybridized carbons (Fsp3) is 0.667. The highest BCUT2D eigenvalue weighted by atomic mass is 35.5. The standard InChI is InChI=1S/C12H15ClFN2O7P/c1-6(2)22-24(19)20-5-7-9(23-24)12(13,14)10(21-7)16-4-3-8(17)15-11(16)18/h3-4,6-7,9-10H,5H2,1-2H3,(H,15,17,18)/t7-,9-,10-,12+,24-/m1/s1. The zero-order valence-electron chi connectivity index (χ0n) is 12.7. The third-order valence-corrected chi connectivity index (χ3v) is 5.47. The summed E-state index contributed by atoms with van der Waals surface area (Å²) < 4.78 is 48.9. The van der Waals surface area contributed by atoms with Gasteiger partial charge in [0.15, 0.2) is 12.3 Å². The van der Waals surface area contributed by atoms with Gasteiger partial charge in [-0.05, 0) is 13.8 Å². The lowest BCUT2D eigenvalue weighted by molar-refractivity contribution is -0.0749. The average molecular weight is 385 g/mol. The Morgan fingerprint density at radius 2 is 2.25 bits per heavy atom. The Balaban J connectivity index is 1.91. The average Bonchev–Trinajstić information content (AvgIpc) is 2.69. The van der Waals surface area contributed by atoms with Crippen LogP contribution in [0.4, 0.5) is 4.39 Å². The van der Waals surface area contributed by atoms with E-state index in [0.717, 1.165) is 16.8 Å². The van der Waals surface area contributed by atoms with Crippen molar-refractivity contribution in [2.24, 2.45) is 0 Å². The van der Waals surface area contributed by atoms with Gasteiger partial charge in [0.25, 0.3) is 10.7 Å². The molecule has 134 valence electrons. The number of fused-ring (bicyclic) bond motifs is 1. The molecule has 2 aliphatic rings. The highest BCUT2D eigenvalue weighted by Crippen LogP contribution is 2.60. The van der Waals surface area contributed by atoms with E-state index in [1.165, 1.54) is 0 Å². The number of nitrogens with zero attached hydrogens (tertiary/aromatic N) is 1. The summed E-state index contributed by atoms with van der Waals surface area (Å²) in [5, 5.41) is -2.73. The molecule has 0 aromatic carbocycles. The zero-order valence-corrected chi connectivity index (χ0v) is 14.3. The molecule has 0 radical (unpaired) electrons. The first-order valence-electron chi connectivity index (χ1n) is 7.08. The van der Waals surface area contributed by atoms with Crippen molar-refractivity contribution in [3.05, 3.63) is 33.1 Å². The first-order chi connectivity index (χ1) is 11.1. The van der Waals surface area contributed by atoms with E-state index in [9.17, 15) is 14.2 Å². The molecule has 1 aromatic rings. The third kappa shape index (κ3) is 3.10. The van der Waals surface area contributed by atoms with E-state index in [4.69, 9.17) is 29.9 Å². The molecule has 0 unspecified atom stereocenters. The third-order valence-electron chi connectivity index (χ3n) is 3.43. The van der Waals surface area contributed by atoms with E-state index in [0.29, 0.717) is 0 Å². The van der Waals surface area contributed by atoms with Crippen molar-refractivity contribution >= 4 is 19.4 Å². The fourth-order valence-electron chi connectivity index (χ4n) is 2.49. The van der Waals surface area contributed by atoms with Crippen LogP contribution in [0.2, 0.25) is 0 Å². The number of aromatic amines is 1. The number of rotatable bonds is 3. The molecule has 1 N–H and O–H groups in total. The molecule has 0 bridgehead atoms. The minimum absolute atomic E-state index is 0.290. The number of H-pyrrole nitrogens is 1. The van der Waals surface area contributed by atoms with E-state index in [2.05, 4.69) is 0 Å². The maximum Gasteiger partial charge on any atom is 0.475 e. The summed E-state index contributed by atoms with van der Waals surface area (Å²) in [6.45, 7) is 2.92. The Hall–Kier alpha value is -1.03. The summed E-state index contributed by atoms with van der Waals surface area (Å²) in [7, 11) is -4.01. The summed E-state index contributed by atoms with van der Waals surface area (Å²) in [4.78, 5) is 24.9. The topological polar surface area (TPSA) is 109 Å². The molecule has 9 nitrogen and oxygen atoms in total. The number of phosphoric acid groups is 1. The summed E-state index contributed by atoms with van der Waals surface area (Å²) >= 11 is 5.92. The lowest BCUT2D eigenvalue weighted by Gasteiger charge is -2.33. The molecule has 5 atom stereocenters. The van der Waals surface area contributed by atoms with Gasteiger partial charge in [-0.1, -0.05) is 11.6 Å². The Labute approximate surface area is 140 Å². The van der Waals surface area contributed by atoms with Gasteiger partial charge in [0.05, 0.1) is 12.7 Å². The Morgan fingerprint density at radius 1 is 1.54 bits per heavy atom. The second-order valence-electron chi connectivity index (χ2n) is 5.64. The number of phosphoric ester groups is 1. The second-order valence-corrected chi connectivity index (χ2v) is 7.80. The summed E-state index contributed by atoms with van der Waals surface area (Å²) in [5.41, 5.74) is -1.56. The molecule has 1 aromatic heterocycles. The second kappa shape index (κ2) is 6.05. The Kier molecular flexibility index (Phi) is 4.48. The van der Waals surface area contributed by atoms with Gasteiger partial charge in [-0.2, -0.15) is 0 Å². The van der Waals surface area contributed by atoms with Crippen molar-refractivity contribution in [3.8, 4) is 0 Å². The Bertz CT molecular complexity index is 794. The number of hydrogen-bond donors (Lipinski definition) is 1. The van der Waals surface area contributed by atoms with Crippen LogP contribution < -0.4 is 11.2 Å². The normalized spacial score (nSPS) is 39.1. The minimum Gasteiger partial charge on any atom is -0.344 e. The number of alkyl halides is 2. The maximum absolute atomic E-state index is 15.1. The monoisotopic (exact) mass is 384 g/mol. The van der Waals surface area contributed by atoms with Crippen LogP contribution in [-0.4, -0.2) is 39.6 Å². The summed E-state index contributed by atoms with van der Waals surface area (Å²) in [6.07, 6.45) is -3.54. The van der Waals surface area contributed by atoms with Gasteiger partial charge in [-0.3, -0.25) is 27.9 Å². The first-order valence-corrected chi connectivity index (χ1v) is 8.92. The highest BCUT2D eigenvalue weighted by Gasteiger charge is 2.63. The molecule has 2 aliphatic heterocycles. The number of aromatic nitrogens is 2. The molecule has 0 saturated carbocycles. The molecule has 2 fully saturated rings. The van der Waals surface area contributed by atoms with Gasteiger partial charge in [-0.15, -0.1) is 0 Å². The predicted octanol–water partition coefficient (Wildman–Crippen LogP) is 1.29. The van der Waals surface area contributed by atoms with Crippen molar-refractivity contribution in [2.75, 3.05) is 6.61 Å². The van der Waals surface area contributed by atoms with Crippen LogP contribution in [0.3, 0.4) is 0 Å². The van der Waals surface area contributed by atoms with Crippen molar-refractivity contribution in [3.63, 3.8) is 0 Å². The number of hydrogen-bond acceptors (Lipinski definition) is 7. The van der Waals surface area contributed by atoms with Crippen LogP contribution in [0.15, 0.2) is 21.9 Å². The molecule has 0 aliphatic carbocycles. The number of halogens is 2. The van der Waals surface area contributed by atoms with Crippen LogP contribution in [0.1, 0.15) is 20.1 Å². The zero-order chi connectivity index (χ0) is 17.7. The molecular formula is C12H15ClFN2O7P. The number of nitrogens with one attached hydrogen (secondary N) is 1. The minimum atomic E-state index is -4.01. The van der Waals surface area contributed by atoms with Gasteiger partial charge in [0.2, 0.25) is 0 Å². The van der Waals surface area contributed by atoms with Crippen LogP contribution in [0, 0.1) is 0 Å². The molecular weight excluding hydrogens is 370 g/mol. The largest absolute Gasteiger partial charge is 0.475 e. The highest BCUT2D eigenvalue weighted by molar-refractivity contribution is 7.48. The van der Waals surface area contributed by atoms with E-state index >= 15 is 4.39 Å². The summed E-state index contributed by atoms with van der Waals surface area (Å²) in [5.74, 6) is 0. The van der Waals surface area contributed by atoms with E-state index < -0.39 is 48.7 Å². The fourth-order valence-corrected chi connectivity index (χ4v) is 4.48. The molecule has 0 amide bonds. The van der Waals surface area contributed by atoms with Crippen molar-refractivity contribution in [1.29, 1.82) is 0 Å². The SMILES string of the molecule is CC(C)O[P@@]1(=O)OC[C@H]2O[C@@H](n3ccc(=O)[nH]c3=O)[C@](F)(Cl)[C@@H]2O1. The van der Waals surface area contributed by atoms with Gasteiger partial charge in [0, 0.05) is 12.3 Å². The van der Waals surface area contributed by atoms with Crippen LogP contribution >= 0.6 is 19.4 Å². The smallest absolute Gasteiger partial charge is 0.344 e. The van der Waals surface area contributed by atoms with Crippen LogP contribution in [0.25, 0.3) is 0 Å². The maximum atomic E-state index is 15.1. The van der Waals surface area contributed by atoms with Gasteiger partial charge < -0.3 is 4.74 Å². The molecule has 2 saturated heterocycles. The molecule has 12 heteroatoms.